The van der Waals surface area contributed by atoms with Gasteiger partial charge >= 0.3 is 0 Å². The van der Waals surface area contributed by atoms with Crippen molar-refractivity contribution in [1.29, 1.82) is 0 Å². The summed E-state index contributed by atoms with van der Waals surface area (Å²) >= 11 is 0. The fourth-order valence-electron chi connectivity index (χ4n) is 1.26. The highest BCUT2D eigenvalue weighted by atomic mass is 16.5. The minimum absolute atomic E-state index is 0.0953. The lowest BCUT2D eigenvalue weighted by molar-refractivity contribution is 0.0993. The maximum atomic E-state index is 11.5. The SMILES string of the molecule is CNCC(=O)c1ccc(OCC(C)C)cc1. The van der Waals surface area contributed by atoms with Crippen molar-refractivity contribution in [3.05, 3.63) is 29.8 Å². The topological polar surface area (TPSA) is 38.3 Å². The van der Waals surface area contributed by atoms with Gasteiger partial charge in [-0.3, -0.25) is 4.79 Å². The molecule has 0 radical (unpaired) electrons. The molecule has 1 aromatic carbocycles. The molecule has 0 saturated carbocycles. The van der Waals surface area contributed by atoms with Gasteiger partial charge in [-0.1, -0.05) is 13.8 Å². The molecule has 0 aliphatic heterocycles. The summed E-state index contributed by atoms with van der Waals surface area (Å²) < 4.78 is 5.54. The van der Waals surface area contributed by atoms with Crippen molar-refractivity contribution in [2.24, 2.45) is 5.92 Å². The van der Waals surface area contributed by atoms with Gasteiger partial charge in [-0.05, 0) is 37.2 Å². The first kappa shape index (κ1) is 12.7. The molecule has 0 unspecified atom stereocenters. The molecule has 1 N–H and O–H groups in total. The molecule has 0 aliphatic rings. The molecule has 0 bridgehead atoms. The summed E-state index contributed by atoms with van der Waals surface area (Å²) in [5, 5.41) is 2.84. The van der Waals surface area contributed by atoms with Gasteiger partial charge in [-0.2, -0.15) is 0 Å². The molecule has 0 fully saturated rings. The number of ether oxygens (including phenoxy) is 1. The lowest BCUT2D eigenvalue weighted by Gasteiger charge is -2.08. The molecule has 16 heavy (non-hydrogen) atoms. The Morgan fingerprint density at radius 1 is 1.31 bits per heavy atom. The minimum atomic E-state index is 0.0953. The Balaban J connectivity index is 2.57. The number of benzene rings is 1. The van der Waals surface area contributed by atoms with E-state index in [0.29, 0.717) is 24.6 Å². The zero-order valence-corrected chi connectivity index (χ0v) is 10.1. The van der Waals surface area contributed by atoms with Crippen molar-refractivity contribution >= 4 is 5.78 Å². The molecule has 0 saturated heterocycles. The normalized spacial score (nSPS) is 10.5. The van der Waals surface area contributed by atoms with E-state index < -0.39 is 0 Å². The van der Waals surface area contributed by atoms with E-state index >= 15 is 0 Å². The smallest absolute Gasteiger partial charge is 0.176 e. The summed E-state index contributed by atoms with van der Waals surface area (Å²) in [6.45, 7) is 5.27. The number of carbonyl (C=O) groups is 1. The van der Waals surface area contributed by atoms with Crippen LogP contribution in [0.3, 0.4) is 0 Å². The number of carbonyl (C=O) groups excluding carboxylic acids is 1. The Labute approximate surface area is 96.8 Å². The Kier molecular flexibility index (Phi) is 4.99. The van der Waals surface area contributed by atoms with Crippen molar-refractivity contribution < 1.29 is 9.53 Å². The molecular weight excluding hydrogens is 202 g/mol. The van der Waals surface area contributed by atoms with Gasteiger partial charge in [0.05, 0.1) is 13.2 Å². The summed E-state index contributed by atoms with van der Waals surface area (Å²) in [5.41, 5.74) is 0.714. The van der Waals surface area contributed by atoms with Crippen LogP contribution in [0.4, 0.5) is 0 Å². The van der Waals surface area contributed by atoms with Gasteiger partial charge in [-0.15, -0.1) is 0 Å². The van der Waals surface area contributed by atoms with Crippen LogP contribution in [0.5, 0.6) is 5.75 Å². The third kappa shape index (κ3) is 4.03. The van der Waals surface area contributed by atoms with Crippen LogP contribution in [0.15, 0.2) is 24.3 Å². The summed E-state index contributed by atoms with van der Waals surface area (Å²) in [4.78, 5) is 11.5. The van der Waals surface area contributed by atoms with Gasteiger partial charge in [0.2, 0.25) is 0 Å². The van der Waals surface area contributed by atoms with Crippen LogP contribution in [0, 0.1) is 5.92 Å². The van der Waals surface area contributed by atoms with Crippen LogP contribution in [0.25, 0.3) is 0 Å². The molecular formula is C13H19NO2. The molecule has 0 spiro atoms. The second kappa shape index (κ2) is 6.28. The quantitative estimate of drug-likeness (QED) is 0.748. The monoisotopic (exact) mass is 221 g/mol. The highest BCUT2D eigenvalue weighted by Crippen LogP contribution is 2.13. The van der Waals surface area contributed by atoms with Crippen LogP contribution < -0.4 is 10.1 Å². The van der Waals surface area contributed by atoms with Crippen LogP contribution in [0.2, 0.25) is 0 Å². The molecule has 0 aromatic heterocycles. The van der Waals surface area contributed by atoms with Gasteiger partial charge in [0.25, 0.3) is 0 Å². The first-order chi connectivity index (χ1) is 7.63. The van der Waals surface area contributed by atoms with E-state index in [1.807, 2.05) is 12.1 Å². The van der Waals surface area contributed by atoms with E-state index in [4.69, 9.17) is 4.74 Å². The lowest BCUT2D eigenvalue weighted by Crippen LogP contribution is -2.18. The molecule has 0 aliphatic carbocycles. The molecule has 0 heterocycles. The third-order valence-electron chi connectivity index (χ3n) is 2.10. The van der Waals surface area contributed by atoms with Crippen LogP contribution in [-0.4, -0.2) is 26.0 Å². The summed E-state index contributed by atoms with van der Waals surface area (Å²) in [6, 6.07) is 7.28. The highest BCUT2D eigenvalue weighted by molar-refractivity contribution is 5.97. The van der Waals surface area contributed by atoms with E-state index in [9.17, 15) is 4.79 Å². The average molecular weight is 221 g/mol. The molecule has 3 heteroatoms. The van der Waals surface area contributed by atoms with Gasteiger partial charge in [0.1, 0.15) is 5.75 Å². The van der Waals surface area contributed by atoms with Crippen molar-refractivity contribution in [1.82, 2.24) is 5.32 Å². The van der Waals surface area contributed by atoms with E-state index in [0.717, 1.165) is 5.75 Å². The number of Topliss-reactive ketones (excluding diaryl/α,β-unsaturated/α-hetero) is 1. The number of hydrogen-bond donors (Lipinski definition) is 1. The standard InChI is InChI=1S/C13H19NO2/c1-10(2)9-16-12-6-4-11(5-7-12)13(15)8-14-3/h4-7,10,14H,8-9H2,1-3H3. The number of hydrogen-bond acceptors (Lipinski definition) is 3. The average Bonchev–Trinajstić information content (AvgIpc) is 2.27. The van der Waals surface area contributed by atoms with Crippen molar-refractivity contribution in [3.8, 4) is 5.75 Å². The van der Waals surface area contributed by atoms with Crippen LogP contribution in [0.1, 0.15) is 24.2 Å². The van der Waals surface area contributed by atoms with E-state index in [2.05, 4.69) is 19.2 Å². The second-order valence-corrected chi connectivity index (χ2v) is 4.18. The van der Waals surface area contributed by atoms with E-state index in [-0.39, 0.29) is 5.78 Å². The fraction of sp³-hybridized carbons (Fsp3) is 0.462. The summed E-state index contributed by atoms with van der Waals surface area (Å²) in [7, 11) is 1.76. The van der Waals surface area contributed by atoms with Gasteiger partial charge < -0.3 is 10.1 Å². The maximum absolute atomic E-state index is 11.5. The Bertz CT molecular complexity index is 330. The van der Waals surface area contributed by atoms with Crippen molar-refractivity contribution in [3.63, 3.8) is 0 Å². The summed E-state index contributed by atoms with van der Waals surface area (Å²) in [5.74, 6) is 1.42. The molecule has 3 nitrogen and oxygen atoms in total. The first-order valence-corrected chi connectivity index (χ1v) is 5.54. The first-order valence-electron chi connectivity index (χ1n) is 5.54. The van der Waals surface area contributed by atoms with Gasteiger partial charge in [0, 0.05) is 5.56 Å². The zero-order chi connectivity index (χ0) is 12.0. The summed E-state index contributed by atoms with van der Waals surface area (Å²) in [6.07, 6.45) is 0. The Morgan fingerprint density at radius 2 is 1.94 bits per heavy atom. The Hall–Kier alpha value is -1.35. The van der Waals surface area contributed by atoms with Gasteiger partial charge in [-0.25, -0.2) is 0 Å². The van der Waals surface area contributed by atoms with Crippen LogP contribution >= 0.6 is 0 Å². The molecule has 0 amide bonds. The van der Waals surface area contributed by atoms with E-state index in [1.54, 1.807) is 19.2 Å². The predicted molar refractivity (Wildman–Crippen MR) is 65.0 cm³/mol. The number of ketones is 1. The van der Waals surface area contributed by atoms with Crippen molar-refractivity contribution in [2.45, 2.75) is 13.8 Å². The van der Waals surface area contributed by atoms with Crippen LogP contribution in [-0.2, 0) is 0 Å². The number of likely N-dealkylation sites (N-methyl/N-ethyl adjacent to an activating group) is 1. The maximum Gasteiger partial charge on any atom is 0.176 e. The van der Waals surface area contributed by atoms with Gasteiger partial charge in [0.15, 0.2) is 5.78 Å². The minimum Gasteiger partial charge on any atom is -0.493 e. The molecule has 0 atom stereocenters. The Morgan fingerprint density at radius 3 is 2.44 bits per heavy atom. The van der Waals surface area contributed by atoms with E-state index in [1.165, 1.54) is 0 Å². The highest BCUT2D eigenvalue weighted by Gasteiger charge is 2.04. The molecule has 88 valence electrons. The zero-order valence-electron chi connectivity index (χ0n) is 10.1. The largest absolute Gasteiger partial charge is 0.493 e. The molecule has 1 rings (SSSR count). The second-order valence-electron chi connectivity index (χ2n) is 4.18. The van der Waals surface area contributed by atoms with Crippen molar-refractivity contribution in [2.75, 3.05) is 20.2 Å². The predicted octanol–water partition coefficient (Wildman–Crippen LogP) is 2.12. The third-order valence-corrected chi connectivity index (χ3v) is 2.10. The molecule has 1 aromatic rings. The lowest BCUT2D eigenvalue weighted by atomic mass is 10.1. The number of nitrogens with one attached hydrogen (secondary N) is 1. The fourth-order valence-corrected chi connectivity index (χ4v) is 1.26. The number of rotatable bonds is 6.